The Balaban J connectivity index is 2.36. The van der Waals surface area contributed by atoms with E-state index in [0.29, 0.717) is 0 Å². The third-order valence-electron chi connectivity index (χ3n) is 2.66. The van der Waals surface area contributed by atoms with Crippen molar-refractivity contribution in [1.29, 1.82) is 0 Å². The van der Waals surface area contributed by atoms with Crippen molar-refractivity contribution < 1.29 is 18.6 Å². The Bertz CT molecular complexity index is 509. The molecule has 1 fully saturated rings. The standard InChI is InChI=1S/C9H13N3O4S/c10-6-1-2-11-3-9(6)17(15,16)12-4-7(13)8(14)5-12/h1-3,7-8,13-14H,4-5H2,(H2,10,11). The summed E-state index contributed by atoms with van der Waals surface area (Å²) in [6.07, 6.45) is 0.411. The van der Waals surface area contributed by atoms with E-state index in [-0.39, 0.29) is 23.7 Å². The molecular weight excluding hydrogens is 246 g/mol. The molecule has 0 spiro atoms. The van der Waals surface area contributed by atoms with Gasteiger partial charge in [0.25, 0.3) is 0 Å². The smallest absolute Gasteiger partial charge is 0.246 e. The van der Waals surface area contributed by atoms with Gasteiger partial charge >= 0.3 is 0 Å². The van der Waals surface area contributed by atoms with Crippen molar-refractivity contribution in [3.63, 3.8) is 0 Å². The summed E-state index contributed by atoms with van der Waals surface area (Å²) in [6.45, 7) is -0.282. The SMILES string of the molecule is Nc1ccncc1S(=O)(=O)N1CC(O)C(O)C1. The number of pyridine rings is 1. The first kappa shape index (κ1) is 12.2. The van der Waals surface area contributed by atoms with Gasteiger partial charge in [-0.3, -0.25) is 4.98 Å². The fourth-order valence-corrected chi connectivity index (χ4v) is 3.21. The summed E-state index contributed by atoms with van der Waals surface area (Å²) in [5.41, 5.74) is 5.67. The molecule has 2 atom stereocenters. The minimum absolute atomic E-state index is 0.0934. The van der Waals surface area contributed by atoms with Crippen molar-refractivity contribution in [3.8, 4) is 0 Å². The van der Waals surface area contributed by atoms with E-state index in [9.17, 15) is 18.6 Å². The summed E-state index contributed by atoms with van der Waals surface area (Å²) >= 11 is 0. The molecule has 1 saturated heterocycles. The highest BCUT2D eigenvalue weighted by Gasteiger charge is 2.38. The number of sulfonamides is 1. The molecule has 2 unspecified atom stereocenters. The van der Waals surface area contributed by atoms with Gasteiger partial charge in [0.1, 0.15) is 4.90 Å². The number of hydrogen-bond donors (Lipinski definition) is 3. The summed E-state index contributed by atoms with van der Waals surface area (Å²) in [5.74, 6) is 0. The molecule has 1 aliphatic rings. The van der Waals surface area contributed by atoms with Gasteiger partial charge < -0.3 is 15.9 Å². The molecule has 0 radical (unpaired) electrons. The number of nitrogens with two attached hydrogens (primary N) is 1. The van der Waals surface area contributed by atoms with E-state index in [1.807, 2.05) is 0 Å². The molecule has 1 aromatic heterocycles. The van der Waals surface area contributed by atoms with Gasteiger partial charge in [0.15, 0.2) is 0 Å². The lowest BCUT2D eigenvalue weighted by atomic mass is 10.3. The van der Waals surface area contributed by atoms with E-state index in [4.69, 9.17) is 5.73 Å². The lowest BCUT2D eigenvalue weighted by Crippen LogP contribution is -2.30. The van der Waals surface area contributed by atoms with Crippen LogP contribution in [0.25, 0.3) is 0 Å². The number of aliphatic hydroxyl groups is 2. The van der Waals surface area contributed by atoms with Crippen LogP contribution in [0.1, 0.15) is 0 Å². The van der Waals surface area contributed by atoms with E-state index in [2.05, 4.69) is 4.98 Å². The van der Waals surface area contributed by atoms with Crippen LogP contribution in [0.5, 0.6) is 0 Å². The van der Waals surface area contributed by atoms with E-state index < -0.39 is 22.2 Å². The van der Waals surface area contributed by atoms with Crippen LogP contribution in [0.2, 0.25) is 0 Å². The maximum Gasteiger partial charge on any atom is 0.246 e. The van der Waals surface area contributed by atoms with Gasteiger partial charge in [-0.15, -0.1) is 0 Å². The van der Waals surface area contributed by atoms with Gasteiger partial charge in [-0.25, -0.2) is 8.42 Å². The quantitative estimate of drug-likeness (QED) is 0.588. The molecule has 8 heteroatoms. The first-order chi connectivity index (χ1) is 7.93. The minimum Gasteiger partial charge on any atom is -0.398 e. The van der Waals surface area contributed by atoms with Crippen molar-refractivity contribution in [1.82, 2.24) is 9.29 Å². The number of nitrogens with zero attached hydrogens (tertiary/aromatic N) is 2. The predicted octanol–water partition coefficient (Wildman–Crippen LogP) is -1.61. The molecule has 7 nitrogen and oxygen atoms in total. The lowest BCUT2D eigenvalue weighted by Gasteiger charge is -2.16. The zero-order valence-electron chi connectivity index (χ0n) is 8.89. The first-order valence-corrected chi connectivity index (χ1v) is 6.42. The number of rotatable bonds is 2. The van der Waals surface area contributed by atoms with Crippen molar-refractivity contribution in [2.24, 2.45) is 0 Å². The van der Waals surface area contributed by atoms with Crippen LogP contribution in [0.4, 0.5) is 5.69 Å². The number of aromatic nitrogens is 1. The molecule has 0 aromatic carbocycles. The van der Waals surface area contributed by atoms with Gasteiger partial charge in [-0.2, -0.15) is 4.31 Å². The van der Waals surface area contributed by atoms with E-state index in [1.165, 1.54) is 12.3 Å². The summed E-state index contributed by atoms with van der Waals surface area (Å²) in [6, 6.07) is 1.38. The lowest BCUT2D eigenvalue weighted by molar-refractivity contribution is 0.0572. The molecule has 17 heavy (non-hydrogen) atoms. The first-order valence-electron chi connectivity index (χ1n) is 4.98. The monoisotopic (exact) mass is 259 g/mol. The zero-order chi connectivity index (χ0) is 12.6. The topological polar surface area (TPSA) is 117 Å². The second kappa shape index (κ2) is 4.22. The third kappa shape index (κ3) is 2.12. The summed E-state index contributed by atoms with van der Waals surface area (Å²) < 4.78 is 25.3. The fourth-order valence-electron chi connectivity index (χ4n) is 1.68. The summed E-state index contributed by atoms with van der Waals surface area (Å²) in [4.78, 5) is 3.60. The highest BCUT2D eigenvalue weighted by atomic mass is 32.2. The molecule has 2 rings (SSSR count). The third-order valence-corrected chi connectivity index (χ3v) is 4.53. The molecule has 0 bridgehead atoms. The van der Waals surface area contributed by atoms with Gasteiger partial charge in [0, 0.05) is 25.5 Å². The van der Waals surface area contributed by atoms with E-state index in [1.54, 1.807) is 0 Å². The molecule has 4 N–H and O–H groups in total. The predicted molar refractivity (Wildman–Crippen MR) is 59.4 cm³/mol. The van der Waals surface area contributed by atoms with E-state index in [0.717, 1.165) is 10.5 Å². The van der Waals surface area contributed by atoms with Crippen LogP contribution in [0.15, 0.2) is 23.4 Å². The summed E-state index contributed by atoms with van der Waals surface area (Å²) in [7, 11) is -3.81. The van der Waals surface area contributed by atoms with Gasteiger partial charge in [-0.05, 0) is 6.07 Å². The Kier molecular flexibility index (Phi) is 3.04. The maximum atomic E-state index is 12.1. The number of hydrogen-bond acceptors (Lipinski definition) is 6. The molecule has 0 amide bonds. The van der Waals surface area contributed by atoms with Crippen LogP contribution < -0.4 is 5.73 Å². The van der Waals surface area contributed by atoms with Crippen molar-refractivity contribution in [2.75, 3.05) is 18.8 Å². The number of anilines is 1. The maximum absolute atomic E-state index is 12.1. The van der Waals surface area contributed by atoms with Gasteiger partial charge in [-0.1, -0.05) is 0 Å². The number of β-amino-alcohol motifs (C(OH)–C–C–N with tert-alkyl or cyclic N) is 2. The van der Waals surface area contributed by atoms with Crippen LogP contribution in [0.3, 0.4) is 0 Å². The molecule has 94 valence electrons. The van der Waals surface area contributed by atoms with Crippen molar-refractivity contribution in [3.05, 3.63) is 18.5 Å². The molecule has 0 saturated carbocycles. The highest BCUT2D eigenvalue weighted by Crippen LogP contribution is 2.24. The zero-order valence-corrected chi connectivity index (χ0v) is 9.71. The number of nitrogen functional groups attached to an aromatic ring is 1. The minimum atomic E-state index is -3.81. The highest BCUT2D eigenvalue weighted by molar-refractivity contribution is 7.89. The normalized spacial score (nSPS) is 26.2. The van der Waals surface area contributed by atoms with Crippen LogP contribution >= 0.6 is 0 Å². The average Bonchev–Trinajstić information content (AvgIpc) is 2.60. The molecule has 0 aliphatic carbocycles. The second-order valence-corrected chi connectivity index (χ2v) is 5.78. The Morgan fingerprint density at radius 1 is 1.35 bits per heavy atom. The fraction of sp³-hybridized carbons (Fsp3) is 0.444. The molecule has 1 aliphatic heterocycles. The van der Waals surface area contributed by atoms with Gasteiger partial charge in [0.05, 0.1) is 17.9 Å². The Hall–Kier alpha value is -1.22. The Labute approximate surface area is 98.6 Å². The van der Waals surface area contributed by atoms with Crippen LogP contribution in [-0.4, -0.2) is 53.2 Å². The molecule has 2 heterocycles. The van der Waals surface area contributed by atoms with Crippen LogP contribution in [-0.2, 0) is 10.0 Å². The molecular formula is C9H13N3O4S. The second-order valence-electron chi connectivity index (χ2n) is 3.87. The van der Waals surface area contributed by atoms with Crippen molar-refractivity contribution in [2.45, 2.75) is 17.1 Å². The van der Waals surface area contributed by atoms with E-state index >= 15 is 0 Å². The van der Waals surface area contributed by atoms with Crippen molar-refractivity contribution >= 4 is 15.7 Å². The largest absolute Gasteiger partial charge is 0.398 e. The average molecular weight is 259 g/mol. The Morgan fingerprint density at radius 3 is 2.47 bits per heavy atom. The molecule has 1 aromatic rings. The van der Waals surface area contributed by atoms with Crippen LogP contribution in [0, 0.1) is 0 Å². The number of aliphatic hydroxyl groups excluding tert-OH is 2. The summed E-state index contributed by atoms with van der Waals surface area (Å²) in [5, 5.41) is 18.7. The van der Waals surface area contributed by atoms with Gasteiger partial charge in [0.2, 0.25) is 10.0 Å². The Morgan fingerprint density at radius 2 is 1.94 bits per heavy atom.